The summed E-state index contributed by atoms with van der Waals surface area (Å²) in [7, 11) is 0. The number of benzene rings is 1. The van der Waals surface area contributed by atoms with Gasteiger partial charge in [-0.25, -0.2) is 4.39 Å². The molecule has 1 saturated heterocycles. The first-order valence-corrected chi connectivity index (χ1v) is 6.95. The van der Waals surface area contributed by atoms with E-state index in [0.717, 1.165) is 4.47 Å². The van der Waals surface area contributed by atoms with E-state index < -0.39 is 0 Å². The number of hydrogen-bond donors (Lipinski definition) is 1. The van der Waals surface area contributed by atoms with E-state index in [1.54, 1.807) is 23.1 Å². The molecule has 0 atom stereocenters. The molecule has 1 N–H and O–H groups in total. The van der Waals surface area contributed by atoms with Crippen LogP contribution in [0.5, 0.6) is 0 Å². The molecule has 2 rings (SSSR count). The van der Waals surface area contributed by atoms with Gasteiger partial charge in [-0.05, 0) is 18.2 Å². The van der Waals surface area contributed by atoms with Crippen LogP contribution in [0.25, 0.3) is 0 Å². The zero-order chi connectivity index (χ0) is 13.8. The topological polar surface area (TPSA) is 32.3 Å². The van der Waals surface area contributed by atoms with Gasteiger partial charge < -0.3 is 10.2 Å². The summed E-state index contributed by atoms with van der Waals surface area (Å²) in [6.45, 7) is 5.76. The van der Waals surface area contributed by atoms with Crippen LogP contribution in [0.3, 0.4) is 0 Å². The number of hydrogen-bond acceptors (Lipinski definition) is 2. The van der Waals surface area contributed by atoms with Crippen LogP contribution >= 0.6 is 28.3 Å². The van der Waals surface area contributed by atoms with Gasteiger partial charge in [0.15, 0.2) is 0 Å². The predicted octanol–water partition coefficient (Wildman–Crippen LogP) is 2.74. The van der Waals surface area contributed by atoms with Crippen LogP contribution in [0, 0.1) is 11.7 Å². The first kappa shape index (κ1) is 17.1. The third-order valence-electron chi connectivity index (χ3n) is 3.16. The SMILES string of the molecule is C=CCN(Cc1cc(Br)ccc1F)C(=O)C1CNC1.Cl. The van der Waals surface area contributed by atoms with Crippen molar-refractivity contribution in [2.45, 2.75) is 6.54 Å². The second-order valence-corrected chi connectivity index (χ2v) is 5.51. The highest BCUT2D eigenvalue weighted by molar-refractivity contribution is 9.10. The molecule has 0 saturated carbocycles. The lowest BCUT2D eigenvalue weighted by Crippen LogP contribution is -2.51. The molecule has 0 unspecified atom stereocenters. The van der Waals surface area contributed by atoms with Gasteiger partial charge in [-0.1, -0.05) is 22.0 Å². The van der Waals surface area contributed by atoms with Gasteiger partial charge in [0.05, 0.1) is 5.92 Å². The Labute approximate surface area is 132 Å². The van der Waals surface area contributed by atoms with E-state index in [0.29, 0.717) is 25.2 Å². The molecule has 3 nitrogen and oxygen atoms in total. The minimum absolute atomic E-state index is 0. The highest BCUT2D eigenvalue weighted by atomic mass is 79.9. The Morgan fingerprint density at radius 3 is 2.80 bits per heavy atom. The number of halogens is 3. The van der Waals surface area contributed by atoms with Crippen molar-refractivity contribution in [1.82, 2.24) is 10.2 Å². The molecule has 1 aromatic carbocycles. The maximum Gasteiger partial charge on any atom is 0.228 e. The highest BCUT2D eigenvalue weighted by Gasteiger charge is 2.29. The van der Waals surface area contributed by atoms with Crippen LogP contribution in [0.15, 0.2) is 35.3 Å². The fraction of sp³-hybridized carbons (Fsp3) is 0.357. The number of carbonyl (C=O) groups excluding carboxylic acids is 1. The lowest BCUT2D eigenvalue weighted by molar-refractivity contribution is -0.137. The molecule has 1 aliphatic heterocycles. The van der Waals surface area contributed by atoms with E-state index in [4.69, 9.17) is 0 Å². The summed E-state index contributed by atoms with van der Waals surface area (Å²) in [6, 6.07) is 4.76. The van der Waals surface area contributed by atoms with Crippen LogP contribution < -0.4 is 5.32 Å². The summed E-state index contributed by atoms with van der Waals surface area (Å²) in [5.74, 6) is -0.231. The Bertz CT molecular complexity index is 494. The first-order valence-electron chi connectivity index (χ1n) is 6.16. The lowest BCUT2D eigenvalue weighted by Gasteiger charge is -2.32. The molecule has 1 fully saturated rings. The van der Waals surface area contributed by atoms with Crippen molar-refractivity contribution in [3.05, 3.63) is 46.7 Å². The predicted molar refractivity (Wildman–Crippen MR) is 83.3 cm³/mol. The van der Waals surface area contributed by atoms with Gasteiger partial charge in [0.25, 0.3) is 0 Å². The van der Waals surface area contributed by atoms with E-state index in [-0.39, 0.29) is 36.6 Å². The Balaban J connectivity index is 0.00000200. The second kappa shape index (κ2) is 7.76. The average molecular weight is 364 g/mol. The molecule has 6 heteroatoms. The van der Waals surface area contributed by atoms with Crippen molar-refractivity contribution in [1.29, 1.82) is 0 Å². The van der Waals surface area contributed by atoms with Gasteiger partial charge >= 0.3 is 0 Å². The molecule has 1 heterocycles. The van der Waals surface area contributed by atoms with Crippen molar-refractivity contribution in [2.24, 2.45) is 5.92 Å². The Kier molecular flexibility index (Phi) is 6.65. The van der Waals surface area contributed by atoms with Gasteiger partial charge in [-0.2, -0.15) is 0 Å². The van der Waals surface area contributed by atoms with Crippen molar-refractivity contribution in [2.75, 3.05) is 19.6 Å². The molecule has 1 aliphatic rings. The van der Waals surface area contributed by atoms with Crippen molar-refractivity contribution < 1.29 is 9.18 Å². The summed E-state index contributed by atoms with van der Waals surface area (Å²) < 4.78 is 14.5. The van der Waals surface area contributed by atoms with Gasteiger partial charge in [-0.3, -0.25) is 4.79 Å². The monoisotopic (exact) mass is 362 g/mol. The molecule has 20 heavy (non-hydrogen) atoms. The molecule has 1 amide bonds. The van der Waals surface area contributed by atoms with E-state index in [1.807, 2.05) is 0 Å². The molecule has 0 aromatic heterocycles. The largest absolute Gasteiger partial charge is 0.334 e. The molecule has 110 valence electrons. The number of nitrogens with one attached hydrogen (secondary N) is 1. The highest BCUT2D eigenvalue weighted by Crippen LogP contribution is 2.19. The third kappa shape index (κ3) is 4.04. The van der Waals surface area contributed by atoms with Crippen LogP contribution in [-0.2, 0) is 11.3 Å². The normalized spacial score (nSPS) is 14.1. The van der Waals surface area contributed by atoms with E-state index in [2.05, 4.69) is 27.8 Å². The molecule has 0 aliphatic carbocycles. The fourth-order valence-electron chi connectivity index (χ4n) is 1.98. The van der Waals surface area contributed by atoms with Crippen LogP contribution in [0.4, 0.5) is 4.39 Å². The average Bonchev–Trinajstić information content (AvgIpc) is 2.31. The molecule has 0 spiro atoms. The Morgan fingerprint density at radius 1 is 1.55 bits per heavy atom. The summed E-state index contributed by atoms with van der Waals surface area (Å²) >= 11 is 3.32. The van der Waals surface area contributed by atoms with Crippen molar-refractivity contribution in [3.63, 3.8) is 0 Å². The zero-order valence-corrected chi connectivity index (χ0v) is 13.3. The van der Waals surface area contributed by atoms with Crippen LogP contribution in [-0.4, -0.2) is 30.4 Å². The summed E-state index contributed by atoms with van der Waals surface area (Å²) in [5.41, 5.74) is 0.511. The lowest BCUT2D eigenvalue weighted by atomic mass is 10.0. The zero-order valence-electron chi connectivity index (χ0n) is 10.9. The summed E-state index contributed by atoms with van der Waals surface area (Å²) in [6.07, 6.45) is 1.67. The van der Waals surface area contributed by atoms with Crippen molar-refractivity contribution >= 4 is 34.2 Å². The minimum atomic E-state index is -0.295. The third-order valence-corrected chi connectivity index (χ3v) is 3.65. The molecule has 0 bridgehead atoms. The van der Waals surface area contributed by atoms with Gasteiger partial charge in [0.2, 0.25) is 5.91 Å². The van der Waals surface area contributed by atoms with Gasteiger partial charge in [0.1, 0.15) is 5.82 Å². The standard InChI is InChI=1S/C14H16BrFN2O.ClH/c1-2-5-18(14(19)11-7-17-8-11)9-10-6-12(15)3-4-13(10)16;/h2-4,6,11,17H,1,5,7-9H2;1H. The Hall–Kier alpha value is -0.910. The smallest absolute Gasteiger partial charge is 0.228 e. The summed E-state index contributed by atoms with van der Waals surface area (Å²) in [4.78, 5) is 13.9. The van der Waals surface area contributed by atoms with Crippen molar-refractivity contribution in [3.8, 4) is 0 Å². The Morgan fingerprint density at radius 2 is 2.25 bits per heavy atom. The quantitative estimate of drug-likeness (QED) is 0.816. The first-order chi connectivity index (χ1) is 9.11. The fourth-order valence-corrected chi connectivity index (χ4v) is 2.39. The van der Waals surface area contributed by atoms with Crippen LogP contribution in [0.1, 0.15) is 5.56 Å². The summed E-state index contributed by atoms with van der Waals surface area (Å²) in [5, 5.41) is 3.07. The van der Waals surface area contributed by atoms with Crippen LogP contribution in [0.2, 0.25) is 0 Å². The second-order valence-electron chi connectivity index (χ2n) is 4.60. The maximum absolute atomic E-state index is 13.7. The molecular weight excluding hydrogens is 347 g/mol. The van der Waals surface area contributed by atoms with E-state index in [1.165, 1.54) is 6.07 Å². The molecule has 0 radical (unpaired) electrons. The van der Waals surface area contributed by atoms with E-state index >= 15 is 0 Å². The molecular formula is C14H17BrClFN2O. The number of amides is 1. The number of carbonyl (C=O) groups is 1. The maximum atomic E-state index is 13.7. The molecule has 1 aromatic rings. The van der Waals surface area contributed by atoms with Gasteiger partial charge in [0, 0.05) is 36.2 Å². The minimum Gasteiger partial charge on any atom is -0.334 e. The van der Waals surface area contributed by atoms with E-state index in [9.17, 15) is 9.18 Å². The number of rotatable bonds is 5. The number of nitrogens with zero attached hydrogens (tertiary/aromatic N) is 1. The van der Waals surface area contributed by atoms with Gasteiger partial charge in [-0.15, -0.1) is 19.0 Å².